The van der Waals surface area contributed by atoms with Gasteiger partial charge in [0.25, 0.3) is 5.91 Å². The largest absolute Gasteiger partial charge is 0.389 e. The number of nitrogens with zero attached hydrogens (tertiary/aromatic N) is 1. The quantitative estimate of drug-likeness (QED) is 0.771. The minimum Gasteiger partial charge on any atom is -0.389 e. The molecule has 0 aliphatic heterocycles. The summed E-state index contributed by atoms with van der Waals surface area (Å²) in [6, 6.07) is 6.71. The first-order valence-electron chi connectivity index (χ1n) is 5.89. The second kappa shape index (κ2) is 6.84. The lowest BCUT2D eigenvalue weighted by Crippen LogP contribution is -2.39. The lowest BCUT2D eigenvalue weighted by atomic mass is 10.1. The molecule has 0 atom stereocenters. The molecular formula is C13H17N3O2S. The number of nitrogens with one attached hydrogen (secondary N) is 1. The maximum absolute atomic E-state index is 12.2. The Bertz CT molecular complexity index is 485. The number of thiocarbonyl (C=S) groups is 1. The Kier molecular flexibility index (Phi) is 5.44. The van der Waals surface area contributed by atoms with E-state index in [9.17, 15) is 9.59 Å². The van der Waals surface area contributed by atoms with E-state index in [1.54, 1.807) is 24.3 Å². The van der Waals surface area contributed by atoms with Crippen LogP contribution in [0.15, 0.2) is 24.3 Å². The molecule has 1 aromatic carbocycles. The molecule has 0 spiro atoms. The topological polar surface area (TPSA) is 75.4 Å². The number of carbonyl (C=O) groups is 2. The number of nitrogens with two attached hydrogens (primary N) is 1. The maximum Gasteiger partial charge on any atom is 0.254 e. The van der Waals surface area contributed by atoms with Crippen molar-refractivity contribution in [2.75, 3.05) is 20.1 Å². The smallest absolute Gasteiger partial charge is 0.254 e. The van der Waals surface area contributed by atoms with Gasteiger partial charge >= 0.3 is 0 Å². The summed E-state index contributed by atoms with van der Waals surface area (Å²) in [6.45, 7) is 2.33. The van der Waals surface area contributed by atoms with Crippen molar-refractivity contribution in [3.63, 3.8) is 0 Å². The fraction of sp³-hybridized carbons (Fsp3) is 0.308. The van der Waals surface area contributed by atoms with Gasteiger partial charge in [0.05, 0.1) is 6.54 Å². The van der Waals surface area contributed by atoms with Crippen molar-refractivity contribution in [3.05, 3.63) is 35.4 Å². The Labute approximate surface area is 117 Å². The molecule has 6 heteroatoms. The maximum atomic E-state index is 12.2. The first-order valence-corrected chi connectivity index (χ1v) is 6.30. The van der Waals surface area contributed by atoms with E-state index in [1.807, 2.05) is 6.92 Å². The summed E-state index contributed by atoms with van der Waals surface area (Å²) in [5.41, 5.74) is 6.71. The highest BCUT2D eigenvalue weighted by Gasteiger charge is 2.16. The van der Waals surface area contributed by atoms with Crippen LogP contribution < -0.4 is 11.1 Å². The number of amides is 2. The number of hydrogen-bond acceptors (Lipinski definition) is 3. The summed E-state index contributed by atoms with van der Waals surface area (Å²) in [4.78, 5) is 25.3. The lowest BCUT2D eigenvalue weighted by Gasteiger charge is -2.20. The molecule has 0 fully saturated rings. The summed E-state index contributed by atoms with van der Waals surface area (Å²) in [6.07, 6.45) is 0. The summed E-state index contributed by atoms with van der Waals surface area (Å²) in [5, 5.41) is 2.49. The van der Waals surface area contributed by atoms with Crippen LogP contribution in [0.25, 0.3) is 0 Å². The zero-order valence-electron chi connectivity index (χ0n) is 11.0. The van der Waals surface area contributed by atoms with Gasteiger partial charge in [-0.1, -0.05) is 24.4 Å². The summed E-state index contributed by atoms with van der Waals surface area (Å²) < 4.78 is 0. The van der Waals surface area contributed by atoms with Crippen LogP contribution >= 0.6 is 12.2 Å². The second-order valence-electron chi connectivity index (χ2n) is 3.93. The van der Waals surface area contributed by atoms with Crippen molar-refractivity contribution in [2.45, 2.75) is 6.92 Å². The average Bonchev–Trinajstić information content (AvgIpc) is 2.43. The van der Waals surface area contributed by atoms with E-state index in [1.165, 1.54) is 11.9 Å². The van der Waals surface area contributed by atoms with Crippen LogP contribution in [-0.2, 0) is 4.79 Å². The van der Waals surface area contributed by atoms with Crippen molar-refractivity contribution in [1.29, 1.82) is 0 Å². The van der Waals surface area contributed by atoms with Gasteiger partial charge in [0.2, 0.25) is 5.91 Å². The summed E-state index contributed by atoms with van der Waals surface area (Å²) in [7, 11) is 1.54. The van der Waals surface area contributed by atoms with Gasteiger partial charge in [-0.2, -0.15) is 0 Å². The molecule has 0 aliphatic carbocycles. The van der Waals surface area contributed by atoms with Crippen LogP contribution in [0, 0.1) is 0 Å². The number of carbonyl (C=O) groups excluding carboxylic acids is 2. The second-order valence-corrected chi connectivity index (χ2v) is 4.37. The molecule has 1 aromatic rings. The minimum absolute atomic E-state index is 0.0445. The van der Waals surface area contributed by atoms with Crippen molar-refractivity contribution in [1.82, 2.24) is 10.2 Å². The van der Waals surface area contributed by atoms with Gasteiger partial charge in [-0.05, 0) is 19.1 Å². The third kappa shape index (κ3) is 4.03. The monoisotopic (exact) mass is 279 g/mol. The Morgan fingerprint density at radius 1 is 1.26 bits per heavy atom. The molecule has 0 saturated heterocycles. The van der Waals surface area contributed by atoms with Gasteiger partial charge in [-0.25, -0.2) is 0 Å². The average molecular weight is 279 g/mol. The van der Waals surface area contributed by atoms with Crippen molar-refractivity contribution >= 4 is 29.0 Å². The molecular weight excluding hydrogens is 262 g/mol. The van der Waals surface area contributed by atoms with Crippen LogP contribution in [-0.4, -0.2) is 41.8 Å². The van der Waals surface area contributed by atoms with Crippen molar-refractivity contribution in [2.24, 2.45) is 5.73 Å². The molecule has 0 bridgehead atoms. The number of likely N-dealkylation sites (N-methyl/N-ethyl adjacent to an activating group) is 2. The molecule has 102 valence electrons. The fourth-order valence-electron chi connectivity index (χ4n) is 1.54. The van der Waals surface area contributed by atoms with E-state index in [0.29, 0.717) is 17.7 Å². The Balaban J connectivity index is 2.85. The predicted molar refractivity (Wildman–Crippen MR) is 78.0 cm³/mol. The van der Waals surface area contributed by atoms with E-state index < -0.39 is 0 Å². The summed E-state index contributed by atoms with van der Waals surface area (Å²) >= 11 is 4.85. The molecule has 0 aromatic heterocycles. The van der Waals surface area contributed by atoms with Gasteiger partial charge in [0.1, 0.15) is 4.99 Å². The van der Waals surface area contributed by atoms with Gasteiger partial charge in [0, 0.05) is 24.7 Å². The molecule has 19 heavy (non-hydrogen) atoms. The van der Waals surface area contributed by atoms with E-state index >= 15 is 0 Å². The highest BCUT2D eigenvalue weighted by molar-refractivity contribution is 7.80. The SMILES string of the molecule is CCN(CC(=O)NC)C(=O)c1ccc(C(N)=S)cc1. The molecule has 0 saturated carbocycles. The van der Waals surface area contributed by atoms with Crippen molar-refractivity contribution < 1.29 is 9.59 Å². The highest BCUT2D eigenvalue weighted by Crippen LogP contribution is 2.08. The Morgan fingerprint density at radius 3 is 2.21 bits per heavy atom. The molecule has 0 heterocycles. The number of rotatable bonds is 5. The molecule has 2 amide bonds. The van der Waals surface area contributed by atoms with Crippen molar-refractivity contribution in [3.8, 4) is 0 Å². The normalized spacial score (nSPS) is 9.79. The molecule has 0 aliphatic rings. The third-order valence-corrected chi connectivity index (χ3v) is 2.93. The minimum atomic E-state index is -0.199. The highest BCUT2D eigenvalue weighted by atomic mass is 32.1. The first kappa shape index (κ1) is 15.1. The van der Waals surface area contributed by atoms with E-state index in [0.717, 1.165) is 0 Å². The molecule has 0 unspecified atom stereocenters. The summed E-state index contributed by atoms with van der Waals surface area (Å²) in [5.74, 6) is -0.393. The van der Waals surface area contributed by atoms with Gasteiger partial charge in [0.15, 0.2) is 0 Å². The van der Waals surface area contributed by atoms with Crippen LogP contribution in [0.5, 0.6) is 0 Å². The number of hydrogen-bond donors (Lipinski definition) is 2. The van der Waals surface area contributed by atoms with Crippen LogP contribution in [0.4, 0.5) is 0 Å². The lowest BCUT2D eigenvalue weighted by molar-refractivity contribution is -0.121. The standard InChI is InChI=1S/C13H17N3O2S/c1-3-16(8-11(17)15-2)13(18)10-6-4-9(5-7-10)12(14)19/h4-7H,3,8H2,1-2H3,(H2,14,19)(H,15,17). The van der Waals surface area contributed by atoms with E-state index in [-0.39, 0.29) is 23.3 Å². The first-order chi connectivity index (χ1) is 8.99. The van der Waals surface area contributed by atoms with Crippen LogP contribution in [0.2, 0.25) is 0 Å². The van der Waals surface area contributed by atoms with Gasteiger partial charge in [-0.3, -0.25) is 9.59 Å². The van der Waals surface area contributed by atoms with Gasteiger partial charge in [-0.15, -0.1) is 0 Å². The predicted octanol–water partition coefficient (Wildman–Crippen LogP) is 0.529. The Morgan fingerprint density at radius 2 is 1.79 bits per heavy atom. The molecule has 0 radical (unpaired) electrons. The fourth-order valence-corrected chi connectivity index (χ4v) is 1.68. The van der Waals surface area contributed by atoms with Gasteiger partial charge < -0.3 is 16.0 Å². The zero-order valence-corrected chi connectivity index (χ0v) is 11.8. The van der Waals surface area contributed by atoms with Crippen LogP contribution in [0.3, 0.4) is 0 Å². The van der Waals surface area contributed by atoms with E-state index in [2.05, 4.69) is 5.32 Å². The molecule has 5 nitrogen and oxygen atoms in total. The van der Waals surface area contributed by atoms with E-state index in [4.69, 9.17) is 18.0 Å². The van der Waals surface area contributed by atoms with Crippen LogP contribution in [0.1, 0.15) is 22.8 Å². The molecule has 1 rings (SSSR count). The Hall–Kier alpha value is -1.95. The third-order valence-electron chi connectivity index (χ3n) is 2.70. The zero-order chi connectivity index (χ0) is 14.4. The molecule has 3 N–H and O–H groups in total. The number of benzene rings is 1.